The fraction of sp³-hybridized carbons (Fsp3) is 0.923. The molecule has 0 radical (unpaired) electrons. The summed E-state index contributed by atoms with van der Waals surface area (Å²) in [5, 5.41) is 3.49. The molecule has 0 aromatic carbocycles. The molecule has 1 aliphatic carbocycles. The van der Waals surface area contributed by atoms with Gasteiger partial charge in [-0.2, -0.15) is 0 Å². The Balaban J connectivity index is 1.78. The zero-order valence-electron chi connectivity index (χ0n) is 11.4. The third-order valence-corrected chi connectivity index (χ3v) is 3.71. The molecule has 1 heterocycles. The standard InChI is InChI=1S/C13H24N2O3/c1-3-4-11-14-13(5-6-13)12(16)15(11)7-8-18-10-9-17-2/h11,14H,3-10H2,1-2H3. The number of methoxy groups -OCH3 is 1. The first kappa shape index (κ1) is 13.8. The van der Waals surface area contributed by atoms with Crippen LogP contribution in [-0.4, -0.2) is 56.0 Å². The van der Waals surface area contributed by atoms with Crippen molar-refractivity contribution in [2.24, 2.45) is 0 Å². The molecule has 5 nitrogen and oxygen atoms in total. The fourth-order valence-electron chi connectivity index (χ4n) is 2.52. The molecule has 1 N–H and O–H groups in total. The summed E-state index contributed by atoms with van der Waals surface area (Å²) in [5.74, 6) is 0.274. The number of hydrogen-bond donors (Lipinski definition) is 1. The Morgan fingerprint density at radius 1 is 1.39 bits per heavy atom. The highest BCUT2D eigenvalue weighted by atomic mass is 16.5. The smallest absolute Gasteiger partial charge is 0.244 e. The van der Waals surface area contributed by atoms with Gasteiger partial charge in [0.15, 0.2) is 0 Å². The Labute approximate surface area is 109 Å². The van der Waals surface area contributed by atoms with E-state index in [1.165, 1.54) is 0 Å². The molecule has 1 atom stereocenters. The Hall–Kier alpha value is -0.650. The maximum atomic E-state index is 12.3. The molecule has 2 aliphatic rings. The van der Waals surface area contributed by atoms with Crippen LogP contribution in [0, 0.1) is 0 Å². The zero-order valence-corrected chi connectivity index (χ0v) is 11.4. The molecule has 5 heteroatoms. The summed E-state index contributed by atoms with van der Waals surface area (Å²) in [6, 6.07) is 0. The molecule has 0 bridgehead atoms. The van der Waals surface area contributed by atoms with Crippen LogP contribution in [0.15, 0.2) is 0 Å². The van der Waals surface area contributed by atoms with Gasteiger partial charge in [-0.3, -0.25) is 10.1 Å². The summed E-state index contributed by atoms with van der Waals surface area (Å²) in [5.41, 5.74) is -0.202. The predicted molar refractivity (Wildman–Crippen MR) is 68.2 cm³/mol. The van der Waals surface area contributed by atoms with Crippen molar-refractivity contribution < 1.29 is 14.3 Å². The molecule has 104 valence electrons. The van der Waals surface area contributed by atoms with Gasteiger partial charge in [0.1, 0.15) is 0 Å². The Morgan fingerprint density at radius 3 is 2.78 bits per heavy atom. The fourth-order valence-corrected chi connectivity index (χ4v) is 2.52. The summed E-state index contributed by atoms with van der Waals surface area (Å²) in [7, 11) is 1.66. The van der Waals surface area contributed by atoms with Crippen LogP contribution in [0.4, 0.5) is 0 Å². The van der Waals surface area contributed by atoms with E-state index in [-0.39, 0.29) is 17.6 Å². The van der Waals surface area contributed by atoms with Gasteiger partial charge in [0.25, 0.3) is 0 Å². The molecule has 18 heavy (non-hydrogen) atoms. The van der Waals surface area contributed by atoms with Crippen molar-refractivity contribution in [3.63, 3.8) is 0 Å². The van der Waals surface area contributed by atoms with E-state index in [1.807, 2.05) is 4.90 Å². The van der Waals surface area contributed by atoms with Gasteiger partial charge in [0.2, 0.25) is 5.91 Å². The average molecular weight is 256 g/mol. The molecule has 1 spiro atoms. The summed E-state index contributed by atoms with van der Waals surface area (Å²) in [6.07, 6.45) is 4.30. The third-order valence-electron chi connectivity index (χ3n) is 3.71. The minimum atomic E-state index is -0.202. The van der Waals surface area contributed by atoms with Crippen molar-refractivity contribution in [1.29, 1.82) is 0 Å². The van der Waals surface area contributed by atoms with E-state index in [2.05, 4.69) is 12.2 Å². The van der Waals surface area contributed by atoms with Crippen LogP contribution in [0.5, 0.6) is 0 Å². The number of carbonyl (C=O) groups excluding carboxylic acids is 1. The van der Waals surface area contributed by atoms with Gasteiger partial charge >= 0.3 is 0 Å². The van der Waals surface area contributed by atoms with Crippen LogP contribution in [0.25, 0.3) is 0 Å². The third kappa shape index (κ3) is 2.84. The summed E-state index contributed by atoms with van der Waals surface area (Å²) in [6.45, 7) is 4.62. The molecule has 1 aliphatic heterocycles. The Bertz CT molecular complexity index is 292. The van der Waals surface area contributed by atoms with Crippen LogP contribution in [0.1, 0.15) is 32.6 Å². The first-order chi connectivity index (χ1) is 8.73. The van der Waals surface area contributed by atoms with Crippen LogP contribution in [0.2, 0.25) is 0 Å². The highest BCUT2D eigenvalue weighted by molar-refractivity contribution is 5.91. The normalized spacial score (nSPS) is 25.1. The second kappa shape index (κ2) is 5.99. The van der Waals surface area contributed by atoms with E-state index in [4.69, 9.17) is 9.47 Å². The molecule has 2 rings (SSSR count). The van der Waals surface area contributed by atoms with Crippen LogP contribution in [-0.2, 0) is 14.3 Å². The maximum absolute atomic E-state index is 12.3. The zero-order chi connectivity index (χ0) is 13.0. The minimum Gasteiger partial charge on any atom is -0.382 e. The van der Waals surface area contributed by atoms with Gasteiger partial charge in [0, 0.05) is 13.7 Å². The van der Waals surface area contributed by atoms with Crippen molar-refractivity contribution in [3.05, 3.63) is 0 Å². The number of ether oxygens (including phenoxy) is 2. The molecular formula is C13H24N2O3. The van der Waals surface area contributed by atoms with Gasteiger partial charge < -0.3 is 14.4 Å². The number of amides is 1. The topological polar surface area (TPSA) is 50.8 Å². The molecule has 1 saturated heterocycles. The van der Waals surface area contributed by atoms with Gasteiger partial charge in [-0.05, 0) is 19.3 Å². The lowest BCUT2D eigenvalue weighted by Crippen LogP contribution is -2.39. The maximum Gasteiger partial charge on any atom is 0.244 e. The van der Waals surface area contributed by atoms with Gasteiger partial charge in [-0.15, -0.1) is 0 Å². The lowest BCUT2D eigenvalue weighted by atomic mass is 10.2. The monoisotopic (exact) mass is 256 g/mol. The molecule has 0 aromatic rings. The van der Waals surface area contributed by atoms with Gasteiger partial charge in [0.05, 0.1) is 31.5 Å². The molecule has 1 unspecified atom stereocenters. The Morgan fingerprint density at radius 2 is 2.17 bits per heavy atom. The lowest BCUT2D eigenvalue weighted by molar-refractivity contribution is -0.131. The predicted octanol–water partition coefficient (Wildman–Crippen LogP) is 0.740. The van der Waals surface area contributed by atoms with Crippen LogP contribution < -0.4 is 5.32 Å². The van der Waals surface area contributed by atoms with Crippen molar-refractivity contribution >= 4 is 5.91 Å². The first-order valence-electron chi connectivity index (χ1n) is 6.89. The van der Waals surface area contributed by atoms with Crippen molar-refractivity contribution in [2.45, 2.75) is 44.3 Å². The number of rotatable bonds is 8. The van der Waals surface area contributed by atoms with E-state index >= 15 is 0 Å². The van der Waals surface area contributed by atoms with E-state index in [0.717, 1.165) is 25.7 Å². The molecule has 1 saturated carbocycles. The van der Waals surface area contributed by atoms with Gasteiger partial charge in [-0.25, -0.2) is 0 Å². The molecule has 2 fully saturated rings. The van der Waals surface area contributed by atoms with Crippen molar-refractivity contribution in [3.8, 4) is 0 Å². The lowest BCUT2D eigenvalue weighted by Gasteiger charge is -2.23. The SMILES string of the molecule is CCCC1NC2(CC2)C(=O)N1CCOCCOC. The summed E-state index contributed by atoms with van der Waals surface area (Å²) >= 11 is 0. The molecule has 1 amide bonds. The van der Waals surface area contributed by atoms with Crippen LogP contribution in [0.3, 0.4) is 0 Å². The average Bonchev–Trinajstić information content (AvgIpc) is 3.09. The van der Waals surface area contributed by atoms with Gasteiger partial charge in [-0.1, -0.05) is 13.3 Å². The number of nitrogens with one attached hydrogen (secondary N) is 1. The second-order valence-corrected chi connectivity index (χ2v) is 5.13. The second-order valence-electron chi connectivity index (χ2n) is 5.13. The Kier molecular flexibility index (Phi) is 4.59. The number of nitrogens with zero attached hydrogens (tertiary/aromatic N) is 1. The molecular weight excluding hydrogens is 232 g/mol. The largest absolute Gasteiger partial charge is 0.382 e. The summed E-state index contributed by atoms with van der Waals surface area (Å²) in [4.78, 5) is 14.2. The number of hydrogen-bond acceptors (Lipinski definition) is 4. The van der Waals surface area contributed by atoms with E-state index in [1.54, 1.807) is 7.11 Å². The minimum absolute atomic E-state index is 0.202. The van der Waals surface area contributed by atoms with E-state index in [9.17, 15) is 4.79 Å². The van der Waals surface area contributed by atoms with Crippen molar-refractivity contribution in [2.75, 3.05) is 33.5 Å². The van der Waals surface area contributed by atoms with E-state index < -0.39 is 0 Å². The molecule has 0 aromatic heterocycles. The van der Waals surface area contributed by atoms with Crippen LogP contribution >= 0.6 is 0 Å². The highest BCUT2D eigenvalue weighted by Crippen LogP contribution is 2.42. The first-order valence-corrected chi connectivity index (χ1v) is 6.89. The van der Waals surface area contributed by atoms with E-state index in [0.29, 0.717) is 26.4 Å². The quantitative estimate of drug-likeness (QED) is 0.651. The highest BCUT2D eigenvalue weighted by Gasteiger charge is 2.58. The van der Waals surface area contributed by atoms with Crippen molar-refractivity contribution in [1.82, 2.24) is 10.2 Å². The summed E-state index contributed by atoms with van der Waals surface area (Å²) < 4.78 is 10.4. The number of carbonyl (C=O) groups is 1.